The number of fused-ring (bicyclic) bond motifs is 1. The molecule has 0 saturated heterocycles. The lowest BCUT2D eigenvalue weighted by Crippen LogP contribution is -2.05. The predicted molar refractivity (Wildman–Crippen MR) is 83.3 cm³/mol. The Hall–Kier alpha value is -2.56. The Balaban J connectivity index is 2.01. The van der Waals surface area contributed by atoms with Crippen molar-refractivity contribution in [1.82, 2.24) is 14.5 Å². The van der Waals surface area contributed by atoms with Crippen LogP contribution in [0, 0.1) is 0 Å². The molecular formula is C16H18N4O. The summed E-state index contributed by atoms with van der Waals surface area (Å²) in [5, 5.41) is 0. The topological polar surface area (TPSA) is 66.0 Å². The molecule has 1 aromatic carbocycles. The summed E-state index contributed by atoms with van der Waals surface area (Å²) in [7, 11) is 0. The van der Waals surface area contributed by atoms with Crippen molar-refractivity contribution in [3.63, 3.8) is 0 Å². The van der Waals surface area contributed by atoms with Gasteiger partial charge in [-0.1, -0.05) is 19.1 Å². The number of benzene rings is 1. The molecule has 2 aromatic heterocycles. The van der Waals surface area contributed by atoms with E-state index in [2.05, 4.69) is 16.9 Å². The second kappa shape index (κ2) is 5.83. The van der Waals surface area contributed by atoms with Gasteiger partial charge in [0.15, 0.2) is 0 Å². The third kappa shape index (κ3) is 2.67. The quantitative estimate of drug-likeness (QED) is 0.781. The van der Waals surface area contributed by atoms with Gasteiger partial charge in [-0.2, -0.15) is 0 Å². The number of imidazole rings is 1. The molecule has 3 rings (SSSR count). The van der Waals surface area contributed by atoms with E-state index in [-0.39, 0.29) is 0 Å². The van der Waals surface area contributed by atoms with Crippen molar-refractivity contribution in [2.75, 3.05) is 12.3 Å². The second-order valence-electron chi connectivity index (χ2n) is 4.85. The van der Waals surface area contributed by atoms with Crippen molar-refractivity contribution in [3.05, 3.63) is 48.3 Å². The minimum Gasteiger partial charge on any atom is -0.491 e. The summed E-state index contributed by atoms with van der Waals surface area (Å²) >= 11 is 0. The van der Waals surface area contributed by atoms with Crippen molar-refractivity contribution in [3.8, 4) is 5.75 Å². The van der Waals surface area contributed by atoms with E-state index in [4.69, 9.17) is 10.5 Å². The lowest BCUT2D eigenvalue weighted by molar-refractivity contribution is 0.320. The van der Waals surface area contributed by atoms with Gasteiger partial charge in [0.05, 0.1) is 24.4 Å². The molecule has 0 aliphatic rings. The third-order valence-corrected chi connectivity index (χ3v) is 3.28. The number of anilines is 1. The van der Waals surface area contributed by atoms with Gasteiger partial charge in [0, 0.05) is 6.20 Å². The van der Waals surface area contributed by atoms with Crippen molar-refractivity contribution >= 4 is 17.0 Å². The Labute approximate surface area is 123 Å². The largest absolute Gasteiger partial charge is 0.491 e. The summed E-state index contributed by atoms with van der Waals surface area (Å²) in [4.78, 5) is 8.79. The van der Waals surface area contributed by atoms with Gasteiger partial charge in [-0.05, 0) is 30.7 Å². The summed E-state index contributed by atoms with van der Waals surface area (Å²) in [6.45, 7) is 3.35. The number of nitrogens with zero attached hydrogens (tertiary/aromatic N) is 3. The highest BCUT2D eigenvalue weighted by molar-refractivity contribution is 5.84. The zero-order valence-electron chi connectivity index (χ0n) is 12.0. The molecule has 2 heterocycles. The van der Waals surface area contributed by atoms with E-state index < -0.39 is 0 Å². The van der Waals surface area contributed by atoms with Crippen LogP contribution in [-0.4, -0.2) is 21.1 Å². The Morgan fingerprint density at radius 3 is 2.86 bits per heavy atom. The molecule has 5 nitrogen and oxygen atoms in total. The molecule has 0 fully saturated rings. The number of nitrogen functional groups attached to an aromatic ring is 1. The summed E-state index contributed by atoms with van der Waals surface area (Å²) in [6.07, 6.45) is 2.74. The minimum absolute atomic E-state index is 0.475. The molecular weight excluding hydrogens is 264 g/mol. The Morgan fingerprint density at radius 2 is 2.10 bits per heavy atom. The van der Waals surface area contributed by atoms with Crippen LogP contribution in [0.5, 0.6) is 5.75 Å². The van der Waals surface area contributed by atoms with Crippen LogP contribution < -0.4 is 10.5 Å². The first-order chi connectivity index (χ1) is 10.3. The summed E-state index contributed by atoms with van der Waals surface area (Å²) in [5.41, 5.74) is 8.78. The number of aromatic nitrogens is 3. The lowest BCUT2D eigenvalue weighted by atomic mass is 10.3. The van der Waals surface area contributed by atoms with Crippen molar-refractivity contribution in [2.45, 2.75) is 19.9 Å². The first-order valence-electron chi connectivity index (χ1n) is 7.07. The van der Waals surface area contributed by atoms with Gasteiger partial charge in [-0.3, -0.25) is 4.98 Å². The highest BCUT2D eigenvalue weighted by Crippen LogP contribution is 2.27. The summed E-state index contributed by atoms with van der Waals surface area (Å²) in [6, 6.07) is 11.7. The fraction of sp³-hybridized carbons (Fsp3) is 0.250. The van der Waals surface area contributed by atoms with Crippen molar-refractivity contribution in [1.29, 1.82) is 0 Å². The first-order valence-corrected chi connectivity index (χ1v) is 7.07. The van der Waals surface area contributed by atoms with E-state index in [1.54, 1.807) is 6.20 Å². The number of hydrogen-bond donors (Lipinski definition) is 1. The Kier molecular flexibility index (Phi) is 3.73. The van der Waals surface area contributed by atoms with E-state index in [9.17, 15) is 0 Å². The fourth-order valence-electron chi connectivity index (χ4n) is 2.29. The van der Waals surface area contributed by atoms with Gasteiger partial charge >= 0.3 is 0 Å². The van der Waals surface area contributed by atoms with Gasteiger partial charge in [-0.15, -0.1) is 0 Å². The number of rotatable bonds is 5. The normalized spacial score (nSPS) is 10.9. The molecule has 0 atom stereocenters. The molecule has 0 amide bonds. The van der Waals surface area contributed by atoms with Crippen LogP contribution in [0.4, 0.5) is 5.95 Å². The van der Waals surface area contributed by atoms with Crippen LogP contribution in [-0.2, 0) is 6.54 Å². The standard InChI is InChI=1S/C16H18N4O/c1-2-10-21-14-8-5-7-13-15(14)19-16(17)20(13)11-12-6-3-4-9-18-12/h3-9H,2,10-11H2,1H3,(H2,17,19). The second-order valence-corrected chi connectivity index (χ2v) is 4.85. The van der Waals surface area contributed by atoms with E-state index >= 15 is 0 Å². The van der Waals surface area contributed by atoms with Crippen LogP contribution in [0.1, 0.15) is 19.0 Å². The lowest BCUT2D eigenvalue weighted by Gasteiger charge is -2.07. The van der Waals surface area contributed by atoms with E-state index in [0.29, 0.717) is 19.1 Å². The SMILES string of the molecule is CCCOc1cccc2c1nc(N)n2Cc1ccccn1. The van der Waals surface area contributed by atoms with E-state index in [1.807, 2.05) is 41.0 Å². The monoisotopic (exact) mass is 282 g/mol. The number of para-hydroxylation sites is 1. The van der Waals surface area contributed by atoms with Crippen molar-refractivity contribution in [2.24, 2.45) is 0 Å². The zero-order chi connectivity index (χ0) is 14.7. The first kappa shape index (κ1) is 13.4. The summed E-state index contributed by atoms with van der Waals surface area (Å²) < 4.78 is 7.69. The van der Waals surface area contributed by atoms with Crippen LogP contribution in [0.2, 0.25) is 0 Å². The maximum Gasteiger partial charge on any atom is 0.201 e. The minimum atomic E-state index is 0.475. The van der Waals surface area contributed by atoms with Gasteiger partial charge in [0.2, 0.25) is 5.95 Å². The van der Waals surface area contributed by atoms with Crippen LogP contribution in [0.25, 0.3) is 11.0 Å². The van der Waals surface area contributed by atoms with Crippen LogP contribution in [0.3, 0.4) is 0 Å². The number of pyridine rings is 1. The zero-order valence-corrected chi connectivity index (χ0v) is 12.0. The molecule has 0 spiro atoms. The molecule has 3 aromatic rings. The van der Waals surface area contributed by atoms with Crippen LogP contribution >= 0.6 is 0 Å². The molecule has 0 bridgehead atoms. The van der Waals surface area contributed by atoms with Gasteiger partial charge < -0.3 is 15.0 Å². The molecule has 0 saturated carbocycles. The average molecular weight is 282 g/mol. The molecule has 0 aliphatic carbocycles. The maximum absolute atomic E-state index is 6.07. The number of nitrogens with two attached hydrogens (primary N) is 1. The smallest absolute Gasteiger partial charge is 0.201 e. The Bertz CT molecular complexity index is 737. The Morgan fingerprint density at radius 1 is 1.19 bits per heavy atom. The van der Waals surface area contributed by atoms with Gasteiger partial charge in [0.1, 0.15) is 11.3 Å². The average Bonchev–Trinajstić information content (AvgIpc) is 2.83. The number of ether oxygens (including phenoxy) is 1. The van der Waals surface area contributed by atoms with Crippen LogP contribution in [0.15, 0.2) is 42.6 Å². The molecule has 0 radical (unpaired) electrons. The third-order valence-electron chi connectivity index (χ3n) is 3.28. The molecule has 2 N–H and O–H groups in total. The van der Waals surface area contributed by atoms with Crippen molar-refractivity contribution < 1.29 is 4.74 Å². The van der Waals surface area contributed by atoms with E-state index in [1.165, 1.54) is 0 Å². The molecule has 108 valence electrons. The highest BCUT2D eigenvalue weighted by atomic mass is 16.5. The number of hydrogen-bond acceptors (Lipinski definition) is 4. The molecule has 0 unspecified atom stereocenters. The predicted octanol–water partition coefficient (Wildman–Crippen LogP) is 2.85. The van der Waals surface area contributed by atoms with Gasteiger partial charge in [0.25, 0.3) is 0 Å². The summed E-state index contributed by atoms with van der Waals surface area (Å²) in [5.74, 6) is 1.25. The maximum atomic E-state index is 6.07. The fourth-order valence-corrected chi connectivity index (χ4v) is 2.29. The van der Waals surface area contributed by atoms with E-state index in [0.717, 1.165) is 28.9 Å². The molecule has 0 aliphatic heterocycles. The molecule has 21 heavy (non-hydrogen) atoms. The molecule has 5 heteroatoms. The van der Waals surface area contributed by atoms with Gasteiger partial charge in [-0.25, -0.2) is 4.98 Å². The highest BCUT2D eigenvalue weighted by Gasteiger charge is 2.12.